The van der Waals surface area contributed by atoms with Gasteiger partial charge in [0.25, 0.3) is 0 Å². The van der Waals surface area contributed by atoms with Gasteiger partial charge in [-0.3, -0.25) is 4.99 Å². The molecule has 0 bridgehead atoms. The predicted octanol–water partition coefficient (Wildman–Crippen LogP) is 2.84. The zero-order chi connectivity index (χ0) is 19.9. The van der Waals surface area contributed by atoms with Gasteiger partial charge in [0.1, 0.15) is 5.60 Å². The minimum Gasteiger partial charge on any atom is -0.444 e. The van der Waals surface area contributed by atoms with Gasteiger partial charge in [0.05, 0.1) is 6.54 Å². The van der Waals surface area contributed by atoms with Gasteiger partial charge >= 0.3 is 6.09 Å². The summed E-state index contributed by atoms with van der Waals surface area (Å²) in [7, 11) is 0. The number of anilines is 1. The molecule has 28 heavy (non-hydrogen) atoms. The Hall–Kier alpha value is -1.30. The third-order valence-electron chi connectivity index (χ3n) is 4.08. The van der Waals surface area contributed by atoms with Gasteiger partial charge in [0, 0.05) is 50.8 Å². The fraction of sp³-hybridized carbons (Fsp3) is 0.722. The molecule has 1 fully saturated rings. The van der Waals surface area contributed by atoms with Gasteiger partial charge in [-0.25, -0.2) is 9.78 Å². The molecule has 1 aliphatic heterocycles. The van der Waals surface area contributed by atoms with Crippen LogP contribution in [0.5, 0.6) is 0 Å². The SMILES string of the molecule is CCCN(CCN=C(N)N1CCN(c2nccs2)CC1)C(=O)OC(C)(C)C.I. The van der Waals surface area contributed by atoms with E-state index in [1.165, 1.54) is 0 Å². The molecule has 10 heteroatoms. The summed E-state index contributed by atoms with van der Waals surface area (Å²) in [4.78, 5) is 27.2. The number of hydrogen-bond acceptors (Lipinski definition) is 6. The summed E-state index contributed by atoms with van der Waals surface area (Å²) >= 11 is 1.65. The van der Waals surface area contributed by atoms with Crippen LogP contribution >= 0.6 is 35.3 Å². The maximum atomic E-state index is 12.3. The van der Waals surface area contributed by atoms with Crippen LogP contribution in [0, 0.1) is 0 Å². The zero-order valence-corrected chi connectivity index (χ0v) is 20.4. The lowest BCUT2D eigenvalue weighted by atomic mass is 10.2. The van der Waals surface area contributed by atoms with Crippen molar-refractivity contribution >= 4 is 52.5 Å². The molecule has 0 spiro atoms. The largest absolute Gasteiger partial charge is 0.444 e. The molecule has 2 N–H and O–H groups in total. The number of guanidine groups is 1. The molecule has 0 aliphatic carbocycles. The summed E-state index contributed by atoms with van der Waals surface area (Å²) in [5.74, 6) is 0.537. The van der Waals surface area contributed by atoms with E-state index < -0.39 is 5.60 Å². The number of nitrogens with zero attached hydrogens (tertiary/aromatic N) is 5. The number of rotatable bonds is 6. The molecule has 2 heterocycles. The van der Waals surface area contributed by atoms with Crippen LogP contribution in [0.1, 0.15) is 34.1 Å². The maximum Gasteiger partial charge on any atom is 0.410 e. The van der Waals surface area contributed by atoms with Crippen LogP contribution in [0.2, 0.25) is 0 Å². The van der Waals surface area contributed by atoms with Gasteiger partial charge < -0.3 is 25.2 Å². The van der Waals surface area contributed by atoms with Crippen LogP contribution in [0.15, 0.2) is 16.6 Å². The number of carbonyl (C=O) groups excluding carboxylic acids is 1. The van der Waals surface area contributed by atoms with Crippen molar-refractivity contribution in [1.29, 1.82) is 0 Å². The molecule has 0 atom stereocenters. The van der Waals surface area contributed by atoms with Crippen molar-refractivity contribution in [2.75, 3.05) is 50.7 Å². The van der Waals surface area contributed by atoms with Crippen molar-refractivity contribution in [1.82, 2.24) is 14.8 Å². The smallest absolute Gasteiger partial charge is 0.410 e. The van der Waals surface area contributed by atoms with E-state index in [1.807, 2.05) is 39.3 Å². The van der Waals surface area contributed by atoms with Gasteiger partial charge in [0.15, 0.2) is 11.1 Å². The van der Waals surface area contributed by atoms with Crippen molar-refractivity contribution in [3.05, 3.63) is 11.6 Å². The molecule has 1 saturated heterocycles. The highest BCUT2D eigenvalue weighted by Crippen LogP contribution is 2.18. The van der Waals surface area contributed by atoms with E-state index in [4.69, 9.17) is 10.5 Å². The molecular formula is C18H33IN6O2S. The molecule has 160 valence electrons. The Morgan fingerprint density at radius 2 is 2.00 bits per heavy atom. The molecule has 1 aromatic heterocycles. The van der Waals surface area contributed by atoms with Crippen molar-refractivity contribution in [3.63, 3.8) is 0 Å². The van der Waals surface area contributed by atoms with E-state index in [0.29, 0.717) is 25.6 Å². The van der Waals surface area contributed by atoms with E-state index in [1.54, 1.807) is 16.2 Å². The number of piperazine rings is 1. The second-order valence-corrected chi connectivity index (χ2v) is 8.37. The number of amides is 1. The first-order valence-corrected chi connectivity index (χ1v) is 10.4. The minimum absolute atomic E-state index is 0. The highest BCUT2D eigenvalue weighted by molar-refractivity contribution is 14.0. The number of carbonyl (C=O) groups is 1. The van der Waals surface area contributed by atoms with Gasteiger partial charge in [-0.05, 0) is 27.2 Å². The zero-order valence-electron chi connectivity index (χ0n) is 17.3. The number of aliphatic imine (C=N–C) groups is 1. The van der Waals surface area contributed by atoms with Gasteiger partial charge in [-0.1, -0.05) is 6.92 Å². The minimum atomic E-state index is -0.498. The van der Waals surface area contributed by atoms with E-state index in [0.717, 1.165) is 37.7 Å². The number of thiazole rings is 1. The predicted molar refractivity (Wildman–Crippen MR) is 126 cm³/mol. The van der Waals surface area contributed by atoms with Crippen molar-refractivity contribution in [2.24, 2.45) is 10.7 Å². The third-order valence-corrected chi connectivity index (χ3v) is 4.91. The number of nitrogens with two attached hydrogens (primary N) is 1. The van der Waals surface area contributed by atoms with Crippen molar-refractivity contribution < 1.29 is 9.53 Å². The van der Waals surface area contributed by atoms with E-state index >= 15 is 0 Å². The lowest BCUT2D eigenvalue weighted by molar-refractivity contribution is 0.0256. The van der Waals surface area contributed by atoms with Crippen LogP contribution in [-0.4, -0.2) is 78.3 Å². The Morgan fingerprint density at radius 3 is 2.54 bits per heavy atom. The average molecular weight is 524 g/mol. The van der Waals surface area contributed by atoms with Crippen molar-refractivity contribution in [2.45, 2.75) is 39.7 Å². The molecule has 1 amide bonds. The second-order valence-electron chi connectivity index (χ2n) is 7.50. The van der Waals surface area contributed by atoms with Crippen LogP contribution in [0.4, 0.5) is 9.93 Å². The summed E-state index contributed by atoms with van der Waals surface area (Å²) in [6.07, 6.45) is 2.40. The van der Waals surface area contributed by atoms with Crippen LogP contribution in [0.25, 0.3) is 0 Å². The molecular weight excluding hydrogens is 491 g/mol. The Labute approximate surface area is 189 Å². The topological polar surface area (TPSA) is 87.3 Å². The molecule has 0 unspecified atom stereocenters. The molecule has 0 radical (unpaired) electrons. The van der Waals surface area contributed by atoms with Gasteiger partial charge in [-0.15, -0.1) is 35.3 Å². The fourth-order valence-electron chi connectivity index (χ4n) is 2.77. The first kappa shape index (κ1) is 24.7. The summed E-state index contributed by atoms with van der Waals surface area (Å²) in [5, 5.41) is 3.04. The van der Waals surface area contributed by atoms with E-state index in [2.05, 4.69) is 19.8 Å². The molecule has 0 saturated carbocycles. The molecule has 2 rings (SSSR count). The molecule has 1 aliphatic rings. The Balaban J connectivity index is 0.00000392. The third kappa shape index (κ3) is 7.98. The monoisotopic (exact) mass is 524 g/mol. The second kappa shape index (κ2) is 11.6. The summed E-state index contributed by atoms with van der Waals surface area (Å²) in [5.41, 5.74) is 5.66. The molecule has 1 aromatic rings. The number of hydrogen-bond donors (Lipinski definition) is 1. The summed E-state index contributed by atoms with van der Waals surface area (Å²) in [6, 6.07) is 0. The summed E-state index contributed by atoms with van der Waals surface area (Å²) in [6.45, 7) is 12.7. The first-order chi connectivity index (χ1) is 12.8. The van der Waals surface area contributed by atoms with Crippen LogP contribution in [-0.2, 0) is 4.74 Å². The normalized spacial score (nSPS) is 15.2. The quantitative estimate of drug-likeness (QED) is 0.350. The van der Waals surface area contributed by atoms with Crippen molar-refractivity contribution in [3.8, 4) is 0 Å². The van der Waals surface area contributed by atoms with Gasteiger partial charge in [-0.2, -0.15) is 0 Å². The number of ether oxygens (including phenoxy) is 1. The highest BCUT2D eigenvalue weighted by atomic mass is 127. The summed E-state index contributed by atoms with van der Waals surface area (Å²) < 4.78 is 5.46. The Bertz CT molecular complexity index is 612. The Kier molecular flexibility index (Phi) is 10.3. The van der Waals surface area contributed by atoms with Crippen LogP contribution < -0.4 is 10.6 Å². The number of aromatic nitrogens is 1. The maximum absolute atomic E-state index is 12.3. The lowest BCUT2D eigenvalue weighted by Crippen LogP contribution is -2.51. The average Bonchev–Trinajstić information content (AvgIpc) is 3.14. The van der Waals surface area contributed by atoms with E-state index in [9.17, 15) is 4.79 Å². The fourth-order valence-corrected chi connectivity index (χ4v) is 3.47. The standard InChI is InChI=1S/C18H32N6O2S.HI/c1-5-8-24(17(25)26-18(2,3)4)9-6-20-15(19)22-10-12-23(13-11-22)16-21-7-14-27-16;/h7,14H,5-6,8-13H2,1-4H3,(H2,19,20);1H. The molecule has 0 aromatic carbocycles. The molecule has 8 nitrogen and oxygen atoms in total. The Morgan fingerprint density at radius 1 is 1.32 bits per heavy atom. The van der Waals surface area contributed by atoms with Gasteiger partial charge in [0.2, 0.25) is 0 Å². The van der Waals surface area contributed by atoms with E-state index in [-0.39, 0.29) is 30.1 Å². The lowest BCUT2D eigenvalue weighted by Gasteiger charge is -2.35. The number of halogens is 1. The first-order valence-electron chi connectivity index (χ1n) is 9.47. The van der Waals surface area contributed by atoms with Crippen LogP contribution in [0.3, 0.4) is 0 Å². The highest BCUT2D eigenvalue weighted by Gasteiger charge is 2.22.